The van der Waals surface area contributed by atoms with Crippen LogP contribution in [0.3, 0.4) is 0 Å². The number of allylic oxidation sites excluding steroid dienone is 2. The molecule has 68 valence electrons. The molecule has 0 bridgehead atoms. The first-order valence-corrected chi connectivity index (χ1v) is 4.00. The molecule has 0 radical (unpaired) electrons. The number of hydrogen-bond donors (Lipinski definition) is 2. The van der Waals surface area contributed by atoms with Gasteiger partial charge in [0.1, 0.15) is 6.33 Å². The van der Waals surface area contributed by atoms with E-state index in [4.69, 9.17) is 11.1 Å². The summed E-state index contributed by atoms with van der Waals surface area (Å²) >= 11 is 0. The predicted octanol–water partition coefficient (Wildman–Crippen LogP) is 0.988. The maximum Gasteiger partial charge on any atom is 0.116 e. The van der Waals surface area contributed by atoms with Gasteiger partial charge in [0.15, 0.2) is 0 Å². The molecule has 0 aromatic carbocycles. The molecule has 0 aliphatic heterocycles. The van der Waals surface area contributed by atoms with E-state index in [9.17, 15) is 0 Å². The lowest BCUT2D eigenvalue weighted by Gasteiger charge is -2.00. The van der Waals surface area contributed by atoms with Gasteiger partial charge < -0.3 is 11.1 Å². The molecule has 4 heteroatoms. The van der Waals surface area contributed by atoms with E-state index in [2.05, 4.69) is 9.97 Å². The van der Waals surface area contributed by atoms with Crippen LogP contribution in [0.25, 0.3) is 5.57 Å². The highest BCUT2D eigenvalue weighted by atomic mass is 14.8. The molecule has 3 N–H and O–H groups in total. The highest BCUT2D eigenvalue weighted by Gasteiger charge is 2.00. The Labute approximate surface area is 77.0 Å². The zero-order valence-corrected chi connectivity index (χ0v) is 7.49. The molecule has 1 rings (SSSR count). The van der Waals surface area contributed by atoms with Crippen LogP contribution in [0.2, 0.25) is 0 Å². The van der Waals surface area contributed by atoms with Crippen LogP contribution in [0.4, 0.5) is 0 Å². The summed E-state index contributed by atoms with van der Waals surface area (Å²) in [4.78, 5) is 8.01. The molecule has 4 nitrogen and oxygen atoms in total. The number of hydrogen-bond acceptors (Lipinski definition) is 4. The number of nitrogens with one attached hydrogen (secondary N) is 1. The lowest BCUT2D eigenvalue weighted by atomic mass is 10.2. The molecule has 0 saturated carbocycles. The van der Waals surface area contributed by atoms with Crippen molar-refractivity contribution in [1.29, 1.82) is 5.41 Å². The van der Waals surface area contributed by atoms with Gasteiger partial charge in [-0.05, 0) is 13.0 Å². The van der Waals surface area contributed by atoms with Gasteiger partial charge in [0.25, 0.3) is 0 Å². The average molecular weight is 176 g/mol. The van der Waals surface area contributed by atoms with Crippen molar-refractivity contribution in [3.8, 4) is 0 Å². The summed E-state index contributed by atoms with van der Waals surface area (Å²) in [6.45, 7) is 2.26. The Morgan fingerprint density at radius 3 is 2.92 bits per heavy atom. The number of aromatic nitrogens is 2. The predicted molar refractivity (Wildman–Crippen MR) is 52.4 cm³/mol. The minimum absolute atomic E-state index is 0.393. The van der Waals surface area contributed by atoms with Crippen molar-refractivity contribution >= 4 is 11.8 Å². The smallest absolute Gasteiger partial charge is 0.116 e. The van der Waals surface area contributed by atoms with E-state index >= 15 is 0 Å². The van der Waals surface area contributed by atoms with Crippen LogP contribution < -0.4 is 5.73 Å². The third-order valence-electron chi connectivity index (χ3n) is 1.70. The number of rotatable bonds is 3. The number of nitrogens with two attached hydrogens (primary N) is 1. The van der Waals surface area contributed by atoms with Crippen molar-refractivity contribution in [2.24, 2.45) is 5.73 Å². The van der Waals surface area contributed by atoms with Gasteiger partial charge in [-0.1, -0.05) is 6.08 Å². The van der Waals surface area contributed by atoms with E-state index < -0.39 is 0 Å². The second-order valence-electron chi connectivity index (χ2n) is 2.49. The van der Waals surface area contributed by atoms with Crippen LogP contribution in [0, 0.1) is 5.41 Å². The molecule has 13 heavy (non-hydrogen) atoms. The van der Waals surface area contributed by atoms with E-state index in [0.29, 0.717) is 6.54 Å². The Morgan fingerprint density at radius 2 is 2.38 bits per heavy atom. The fourth-order valence-corrected chi connectivity index (χ4v) is 0.972. The largest absolute Gasteiger partial charge is 0.325 e. The van der Waals surface area contributed by atoms with Gasteiger partial charge >= 0.3 is 0 Å². The summed E-state index contributed by atoms with van der Waals surface area (Å²) in [6.07, 6.45) is 4.56. The Hall–Kier alpha value is -1.55. The SMILES string of the molecule is C/C=C(\C=N)c1cc(CN)ncn1. The lowest BCUT2D eigenvalue weighted by molar-refractivity contribution is 0.958. The monoisotopic (exact) mass is 176 g/mol. The summed E-state index contributed by atoms with van der Waals surface area (Å²) in [7, 11) is 0. The van der Waals surface area contributed by atoms with Crippen molar-refractivity contribution in [2.75, 3.05) is 0 Å². The average Bonchev–Trinajstić information content (AvgIpc) is 2.20. The summed E-state index contributed by atoms with van der Waals surface area (Å²) in [5.41, 5.74) is 7.74. The Balaban J connectivity index is 3.07. The van der Waals surface area contributed by atoms with Gasteiger partial charge in [0.2, 0.25) is 0 Å². The molecule has 0 fully saturated rings. The van der Waals surface area contributed by atoms with Gasteiger partial charge in [0, 0.05) is 18.3 Å². The molecule has 1 heterocycles. The number of nitrogens with zero attached hydrogens (tertiary/aromatic N) is 2. The molecule has 1 aromatic rings. The first-order chi connectivity index (χ1) is 6.31. The summed E-state index contributed by atoms with van der Waals surface area (Å²) in [5.74, 6) is 0. The standard InChI is InChI=1S/C9H12N4/c1-2-7(4-10)9-3-8(5-11)12-6-13-9/h2-4,6,10H,5,11H2,1H3/b7-2+,10-4?. The fourth-order valence-electron chi connectivity index (χ4n) is 0.972. The molecule has 0 atom stereocenters. The van der Waals surface area contributed by atoms with E-state index in [1.165, 1.54) is 12.5 Å². The van der Waals surface area contributed by atoms with Crippen LogP contribution >= 0.6 is 0 Å². The third kappa shape index (κ3) is 2.19. The van der Waals surface area contributed by atoms with Gasteiger partial charge in [-0.2, -0.15) is 0 Å². The van der Waals surface area contributed by atoms with Crippen LogP contribution in [-0.2, 0) is 6.54 Å². The van der Waals surface area contributed by atoms with E-state index in [1.54, 1.807) is 6.07 Å². The van der Waals surface area contributed by atoms with Crippen molar-refractivity contribution in [2.45, 2.75) is 13.5 Å². The Morgan fingerprint density at radius 1 is 1.62 bits per heavy atom. The topological polar surface area (TPSA) is 75.7 Å². The normalized spacial score (nSPS) is 11.4. The quantitative estimate of drug-likeness (QED) is 0.674. The molecule has 0 aliphatic rings. The summed E-state index contributed by atoms with van der Waals surface area (Å²) in [6, 6.07) is 1.79. The Kier molecular flexibility index (Phi) is 3.28. The molecule has 0 unspecified atom stereocenters. The van der Waals surface area contributed by atoms with Crippen LogP contribution in [0.1, 0.15) is 18.3 Å². The fraction of sp³-hybridized carbons (Fsp3) is 0.222. The highest BCUT2D eigenvalue weighted by Crippen LogP contribution is 2.08. The molecule has 0 spiro atoms. The van der Waals surface area contributed by atoms with E-state index in [0.717, 1.165) is 17.0 Å². The van der Waals surface area contributed by atoms with Crippen LogP contribution in [0.5, 0.6) is 0 Å². The Bertz CT molecular complexity index is 330. The second kappa shape index (κ2) is 4.47. The maximum absolute atomic E-state index is 7.14. The van der Waals surface area contributed by atoms with Gasteiger partial charge in [0.05, 0.1) is 11.4 Å². The van der Waals surface area contributed by atoms with Gasteiger partial charge in [-0.15, -0.1) is 0 Å². The van der Waals surface area contributed by atoms with Crippen molar-refractivity contribution in [1.82, 2.24) is 9.97 Å². The molecule has 1 aromatic heterocycles. The maximum atomic E-state index is 7.14. The summed E-state index contributed by atoms with van der Waals surface area (Å²) in [5, 5.41) is 7.14. The van der Waals surface area contributed by atoms with Crippen molar-refractivity contribution in [3.63, 3.8) is 0 Å². The minimum Gasteiger partial charge on any atom is -0.325 e. The zero-order chi connectivity index (χ0) is 9.68. The second-order valence-corrected chi connectivity index (χ2v) is 2.49. The molecular formula is C9H12N4. The molecular weight excluding hydrogens is 164 g/mol. The lowest BCUT2D eigenvalue weighted by Crippen LogP contribution is -2.02. The van der Waals surface area contributed by atoms with E-state index in [-0.39, 0.29) is 0 Å². The van der Waals surface area contributed by atoms with Crippen molar-refractivity contribution in [3.05, 3.63) is 29.9 Å². The van der Waals surface area contributed by atoms with Gasteiger partial charge in [-0.3, -0.25) is 0 Å². The van der Waals surface area contributed by atoms with Gasteiger partial charge in [-0.25, -0.2) is 9.97 Å². The van der Waals surface area contributed by atoms with Crippen molar-refractivity contribution < 1.29 is 0 Å². The first kappa shape index (κ1) is 9.54. The molecule has 0 saturated heterocycles. The van der Waals surface area contributed by atoms with Crippen LogP contribution in [-0.4, -0.2) is 16.2 Å². The molecule has 0 amide bonds. The van der Waals surface area contributed by atoms with E-state index in [1.807, 2.05) is 13.0 Å². The third-order valence-corrected chi connectivity index (χ3v) is 1.70. The summed E-state index contributed by atoms with van der Waals surface area (Å²) < 4.78 is 0. The first-order valence-electron chi connectivity index (χ1n) is 4.00. The highest BCUT2D eigenvalue weighted by molar-refractivity contribution is 6.07. The molecule has 0 aliphatic carbocycles. The minimum atomic E-state index is 0.393. The van der Waals surface area contributed by atoms with Crippen LogP contribution in [0.15, 0.2) is 18.5 Å². The zero-order valence-electron chi connectivity index (χ0n) is 7.49.